The molecule has 1 aliphatic rings. The smallest absolute Gasteiger partial charge is 0.312 e. The molecule has 0 saturated heterocycles. The lowest BCUT2D eigenvalue weighted by Crippen LogP contribution is -2.41. The maximum absolute atomic E-state index is 12.1. The molecule has 110 valence electrons. The summed E-state index contributed by atoms with van der Waals surface area (Å²) in [5, 5.41) is 0. The third kappa shape index (κ3) is 2.48. The van der Waals surface area contributed by atoms with Gasteiger partial charge >= 0.3 is 5.97 Å². The van der Waals surface area contributed by atoms with Crippen LogP contribution < -0.4 is 0 Å². The van der Waals surface area contributed by atoms with Crippen LogP contribution in [0.4, 0.5) is 0 Å². The Hall–Kier alpha value is -1.31. The van der Waals surface area contributed by atoms with Gasteiger partial charge in [-0.05, 0) is 49.5 Å². The van der Waals surface area contributed by atoms with Gasteiger partial charge in [-0.15, -0.1) is 0 Å². The summed E-state index contributed by atoms with van der Waals surface area (Å²) in [6, 6.07) is 10.6. The molecule has 0 amide bonds. The molecule has 0 spiro atoms. The molecule has 0 aromatic heterocycles. The number of esters is 1. The first kappa shape index (κ1) is 15.1. The van der Waals surface area contributed by atoms with Crippen LogP contribution >= 0.6 is 0 Å². The first-order valence-electron chi connectivity index (χ1n) is 7.54. The van der Waals surface area contributed by atoms with Crippen LogP contribution in [0.15, 0.2) is 30.3 Å². The third-order valence-electron chi connectivity index (χ3n) is 5.70. The standard InChI is InChI=1S/C18H26O2/c1-17(2)15(11-10-14-8-6-5-7-9-14)12-13-18(17,3)16(19)20-4/h5-9,15H,10-13H2,1-4H3. The largest absolute Gasteiger partial charge is 0.469 e. The molecule has 0 N–H and O–H groups in total. The van der Waals surface area contributed by atoms with Crippen LogP contribution in [0.3, 0.4) is 0 Å². The predicted molar refractivity (Wildman–Crippen MR) is 81.4 cm³/mol. The summed E-state index contributed by atoms with van der Waals surface area (Å²) in [5.41, 5.74) is 1.04. The number of hydrogen-bond acceptors (Lipinski definition) is 2. The van der Waals surface area contributed by atoms with E-state index in [4.69, 9.17) is 4.74 Å². The Morgan fingerprint density at radius 1 is 1.25 bits per heavy atom. The molecule has 1 aromatic rings. The Labute approximate surface area is 122 Å². The van der Waals surface area contributed by atoms with Crippen LogP contribution in [0.1, 0.15) is 45.6 Å². The fourth-order valence-corrected chi connectivity index (χ4v) is 3.68. The van der Waals surface area contributed by atoms with E-state index >= 15 is 0 Å². The van der Waals surface area contributed by atoms with E-state index in [0.29, 0.717) is 5.92 Å². The Morgan fingerprint density at radius 3 is 2.50 bits per heavy atom. The molecule has 2 unspecified atom stereocenters. The number of ether oxygens (including phenoxy) is 1. The lowest BCUT2D eigenvalue weighted by atomic mass is 9.65. The molecule has 1 aliphatic carbocycles. The molecule has 0 bridgehead atoms. The molecular formula is C18H26O2. The van der Waals surface area contributed by atoms with E-state index in [9.17, 15) is 4.79 Å². The van der Waals surface area contributed by atoms with Crippen molar-refractivity contribution in [2.24, 2.45) is 16.7 Å². The normalized spacial score (nSPS) is 28.3. The van der Waals surface area contributed by atoms with Crippen LogP contribution in [-0.2, 0) is 16.0 Å². The highest BCUT2D eigenvalue weighted by molar-refractivity contribution is 5.77. The fraction of sp³-hybridized carbons (Fsp3) is 0.611. The van der Waals surface area contributed by atoms with Gasteiger partial charge in [-0.25, -0.2) is 0 Å². The van der Waals surface area contributed by atoms with Gasteiger partial charge in [-0.2, -0.15) is 0 Å². The van der Waals surface area contributed by atoms with E-state index in [0.717, 1.165) is 25.7 Å². The Kier molecular flexibility index (Phi) is 4.22. The summed E-state index contributed by atoms with van der Waals surface area (Å²) in [4.78, 5) is 12.1. The van der Waals surface area contributed by atoms with Crippen molar-refractivity contribution in [3.63, 3.8) is 0 Å². The Bertz CT molecular complexity index is 464. The van der Waals surface area contributed by atoms with Crippen LogP contribution in [0.25, 0.3) is 0 Å². The van der Waals surface area contributed by atoms with Gasteiger partial charge in [0, 0.05) is 0 Å². The zero-order valence-electron chi connectivity index (χ0n) is 13.1. The molecular weight excluding hydrogens is 248 g/mol. The maximum atomic E-state index is 12.1. The minimum absolute atomic E-state index is 0.00509. The lowest BCUT2D eigenvalue weighted by molar-refractivity contribution is -0.158. The quantitative estimate of drug-likeness (QED) is 0.768. The van der Waals surface area contributed by atoms with Gasteiger partial charge in [-0.1, -0.05) is 44.2 Å². The first-order valence-corrected chi connectivity index (χ1v) is 7.54. The molecule has 20 heavy (non-hydrogen) atoms. The van der Waals surface area contributed by atoms with Crippen molar-refractivity contribution in [3.8, 4) is 0 Å². The molecule has 2 atom stereocenters. The molecule has 0 aliphatic heterocycles. The van der Waals surface area contributed by atoms with Crippen molar-refractivity contribution in [3.05, 3.63) is 35.9 Å². The van der Waals surface area contributed by atoms with Gasteiger partial charge in [0.25, 0.3) is 0 Å². The van der Waals surface area contributed by atoms with E-state index in [1.165, 1.54) is 12.7 Å². The first-order chi connectivity index (χ1) is 9.41. The average molecular weight is 274 g/mol. The summed E-state index contributed by atoms with van der Waals surface area (Å²) in [6.45, 7) is 6.53. The van der Waals surface area contributed by atoms with Crippen LogP contribution in [0, 0.1) is 16.7 Å². The summed E-state index contributed by atoms with van der Waals surface area (Å²) in [5.74, 6) is 0.525. The summed E-state index contributed by atoms with van der Waals surface area (Å²) in [7, 11) is 1.50. The van der Waals surface area contributed by atoms with Crippen LogP contribution in [-0.4, -0.2) is 13.1 Å². The second-order valence-corrected chi connectivity index (χ2v) is 6.81. The highest BCUT2D eigenvalue weighted by Crippen LogP contribution is 2.57. The number of benzene rings is 1. The number of rotatable bonds is 4. The number of carbonyl (C=O) groups is 1. The van der Waals surface area contributed by atoms with Gasteiger partial charge in [-0.3, -0.25) is 4.79 Å². The van der Waals surface area contributed by atoms with Gasteiger partial charge in [0.15, 0.2) is 0 Å². The van der Waals surface area contributed by atoms with Crippen LogP contribution in [0.5, 0.6) is 0 Å². The van der Waals surface area contributed by atoms with Crippen molar-refractivity contribution in [1.82, 2.24) is 0 Å². The molecule has 1 saturated carbocycles. The van der Waals surface area contributed by atoms with Crippen LogP contribution in [0.2, 0.25) is 0 Å². The molecule has 0 heterocycles. The molecule has 2 nitrogen and oxygen atoms in total. The van der Waals surface area contributed by atoms with Gasteiger partial charge in [0.05, 0.1) is 12.5 Å². The minimum atomic E-state index is -0.344. The molecule has 2 rings (SSSR count). The summed E-state index contributed by atoms with van der Waals surface area (Å²) < 4.78 is 5.04. The summed E-state index contributed by atoms with van der Waals surface area (Å²) in [6.07, 6.45) is 4.29. The second-order valence-electron chi connectivity index (χ2n) is 6.81. The maximum Gasteiger partial charge on any atom is 0.312 e. The second kappa shape index (κ2) is 5.59. The van der Waals surface area contributed by atoms with Gasteiger partial charge < -0.3 is 4.74 Å². The Balaban J connectivity index is 2.06. The molecule has 2 heteroatoms. The highest BCUT2D eigenvalue weighted by Gasteiger charge is 2.56. The third-order valence-corrected chi connectivity index (χ3v) is 5.70. The molecule has 0 radical (unpaired) electrons. The zero-order chi connectivity index (χ0) is 14.8. The zero-order valence-corrected chi connectivity index (χ0v) is 13.1. The average Bonchev–Trinajstić information content (AvgIpc) is 2.69. The summed E-state index contributed by atoms with van der Waals surface area (Å²) >= 11 is 0. The fourth-order valence-electron chi connectivity index (χ4n) is 3.68. The van der Waals surface area contributed by atoms with Crippen molar-refractivity contribution in [2.45, 2.75) is 46.5 Å². The number of hydrogen-bond donors (Lipinski definition) is 0. The Morgan fingerprint density at radius 2 is 1.90 bits per heavy atom. The molecule has 1 aromatic carbocycles. The number of aryl methyl sites for hydroxylation is 1. The van der Waals surface area contributed by atoms with Crippen molar-refractivity contribution >= 4 is 5.97 Å². The minimum Gasteiger partial charge on any atom is -0.469 e. The predicted octanol–water partition coefficient (Wildman–Crippen LogP) is 4.23. The van der Waals surface area contributed by atoms with Crippen molar-refractivity contribution in [2.75, 3.05) is 7.11 Å². The SMILES string of the molecule is COC(=O)C1(C)CCC(CCc2ccccc2)C1(C)C. The van der Waals surface area contributed by atoms with E-state index in [1.54, 1.807) is 0 Å². The monoisotopic (exact) mass is 274 g/mol. The molecule has 1 fully saturated rings. The topological polar surface area (TPSA) is 26.3 Å². The van der Waals surface area contributed by atoms with E-state index < -0.39 is 0 Å². The highest BCUT2D eigenvalue weighted by atomic mass is 16.5. The van der Waals surface area contributed by atoms with Gasteiger partial charge in [0.1, 0.15) is 0 Å². The van der Waals surface area contributed by atoms with E-state index in [1.807, 2.05) is 0 Å². The van der Waals surface area contributed by atoms with E-state index in [-0.39, 0.29) is 16.8 Å². The number of methoxy groups -OCH3 is 1. The lowest BCUT2D eigenvalue weighted by Gasteiger charge is -2.39. The van der Waals surface area contributed by atoms with Crippen molar-refractivity contribution in [1.29, 1.82) is 0 Å². The van der Waals surface area contributed by atoms with E-state index in [2.05, 4.69) is 51.1 Å². The van der Waals surface area contributed by atoms with Gasteiger partial charge in [0.2, 0.25) is 0 Å². The van der Waals surface area contributed by atoms with Crippen molar-refractivity contribution < 1.29 is 9.53 Å². The number of carbonyl (C=O) groups excluding carboxylic acids is 1.